The maximum atomic E-state index is 13.5. The van der Waals surface area contributed by atoms with Crippen LogP contribution in [0.25, 0.3) is 0 Å². The van der Waals surface area contributed by atoms with Gasteiger partial charge in [0.25, 0.3) is 0 Å². The first-order valence-corrected chi connectivity index (χ1v) is 5.16. The van der Waals surface area contributed by atoms with E-state index in [1.165, 1.54) is 6.07 Å². The van der Waals surface area contributed by atoms with Crippen LogP contribution in [0.2, 0.25) is 0 Å². The van der Waals surface area contributed by atoms with Gasteiger partial charge < -0.3 is 10.6 Å². The van der Waals surface area contributed by atoms with Crippen molar-refractivity contribution < 1.29 is 4.39 Å². The Morgan fingerprint density at radius 2 is 2.07 bits per heavy atom. The highest BCUT2D eigenvalue weighted by molar-refractivity contribution is 7.80. The molecule has 0 aromatic heterocycles. The molecule has 2 nitrogen and oxygen atoms in total. The van der Waals surface area contributed by atoms with Crippen LogP contribution in [0.15, 0.2) is 18.2 Å². The minimum absolute atomic E-state index is 0.0891. The van der Waals surface area contributed by atoms with Crippen LogP contribution in [0.4, 0.5) is 10.1 Å². The van der Waals surface area contributed by atoms with Crippen molar-refractivity contribution in [2.75, 3.05) is 11.9 Å². The lowest BCUT2D eigenvalue weighted by Crippen LogP contribution is -2.26. The van der Waals surface area contributed by atoms with Gasteiger partial charge in [0.1, 0.15) is 10.8 Å². The van der Waals surface area contributed by atoms with Crippen molar-refractivity contribution in [1.29, 1.82) is 0 Å². The maximum absolute atomic E-state index is 13.5. The van der Waals surface area contributed by atoms with Crippen molar-refractivity contribution in [3.63, 3.8) is 0 Å². The molecule has 2 N–H and O–H groups in total. The molecule has 15 heavy (non-hydrogen) atoms. The summed E-state index contributed by atoms with van der Waals surface area (Å²) in [4.78, 5) is 2.07. The standard InChI is InChI=1S/C11H15FN2S/c1-7(2)14(3)8-4-5-9(11(13)15)10(12)6-8/h4-7H,1-3H3,(H2,13,15). The van der Waals surface area contributed by atoms with Gasteiger partial charge in [-0.1, -0.05) is 12.2 Å². The smallest absolute Gasteiger partial charge is 0.135 e. The topological polar surface area (TPSA) is 29.3 Å². The van der Waals surface area contributed by atoms with Crippen molar-refractivity contribution >= 4 is 22.9 Å². The van der Waals surface area contributed by atoms with Crippen LogP contribution >= 0.6 is 12.2 Å². The zero-order valence-electron chi connectivity index (χ0n) is 9.12. The van der Waals surface area contributed by atoms with E-state index in [4.69, 9.17) is 18.0 Å². The van der Waals surface area contributed by atoms with Gasteiger partial charge in [-0.25, -0.2) is 4.39 Å². The van der Waals surface area contributed by atoms with Gasteiger partial charge in [0.15, 0.2) is 0 Å². The lowest BCUT2D eigenvalue weighted by Gasteiger charge is -2.24. The molecule has 0 saturated carbocycles. The zero-order chi connectivity index (χ0) is 11.6. The largest absolute Gasteiger partial charge is 0.389 e. The number of hydrogen-bond acceptors (Lipinski definition) is 2. The van der Waals surface area contributed by atoms with Crippen LogP contribution < -0.4 is 10.6 Å². The molecular formula is C11H15FN2S. The van der Waals surface area contributed by atoms with E-state index in [2.05, 4.69) is 0 Å². The number of rotatable bonds is 3. The van der Waals surface area contributed by atoms with Crippen LogP contribution in [0, 0.1) is 5.82 Å². The summed E-state index contributed by atoms with van der Waals surface area (Å²) in [5.74, 6) is -0.368. The summed E-state index contributed by atoms with van der Waals surface area (Å²) < 4.78 is 13.5. The second-order valence-electron chi connectivity index (χ2n) is 3.73. The number of benzene rings is 1. The van der Waals surface area contributed by atoms with E-state index in [1.807, 2.05) is 31.9 Å². The Labute approximate surface area is 94.9 Å². The summed E-state index contributed by atoms with van der Waals surface area (Å²) in [7, 11) is 1.92. The van der Waals surface area contributed by atoms with E-state index in [1.54, 1.807) is 6.07 Å². The second kappa shape index (κ2) is 4.57. The summed E-state index contributed by atoms with van der Waals surface area (Å²) in [5.41, 5.74) is 6.50. The van der Waals surface area contributed by atoms with Gasteiger partial charge in [0.05, 0.1) is 0 Å². The van der Waals surface area contributed by atoms with Gasteiger partial charge in [-0.05, 0) is 32.0 Å². The summed E-state index contributed by atoms with van der Waals surface area (Å²) >= 11 is 4.73. The van der Waals surface area contributed by atoms with E-state index in [0.717, 1.165) is 5.69 Å². The van der Waals surface area contributed by atoms with Crippen molar-refractivity contribution in [1.82, 2.24) is 0 Å². The average molecular weight is 226 g/mol. The Morgan fingerprint density at radius 1 is 1.47 bits per heavy atom. The van der Waals surface area contributed by atoms with E-state index in [0.29, 0.717) is 11.6 Å². The molecule has 1 aromatic rings. The minimum atomic E-state index is -0.368. The fraction of sp³-hybridized carbons (Fsp3) is 0.364. The van der Waals surface area contributed by atoms with Crippen LogP contribution in [-0.2, 0) is 0 Å². The molecule has 0 fully saturated rings. The lowest BCUT2D eigenvalue weighted by atomic mass is 10.1. The third-order valence-corrected chi connectivity index (χ3v) is 2.62. The number of nitrogens with zero attached hydrogens (tertiary/aromatic N) is 1. The molecule has 0 unspecified atom stereocenters. The molecule has 0 atom stereocenters. The normalized spacial score (nSPS) is 10.5. The van der Waals surface area contributed by atoms with Gasteiger partial charge >= 0.3 is 0 Å². The first kappa shape index (κ1) is 11.9. The Morgan fingerprint density at radius 3 is 2.47 bits per heavy atom. The second-order valence-corrected chi connectivity index (χ2v) is 4.17. The third kappa shape index (κ3) is 2.65. The third-order valence-electron chi connectivity index (χ3n) is 2.40. The van der Waals surface area contributed by atoms with Crippen LogP contribution in [0.3, 0.4) is 0 Å². The highest BCUT2D eigenvalue weighted by Gasteiger charge is 2.09. The monoisotopic (exact) mass is 226 g/mol. The molecule has 0 radical (unpaired) electrons. The molecule has 0 bridgehead atoms. The van der Waals surface area contributed by atoms with Crippen LogP contribution in [-0.4, -0.2) is 18.1 Å². The maximum Gasteiger partial charge on any atom is 0.135 e. The number of anilines is 1. The highest BCUT2D eigenvalue weighted by Crippen LogP contribution is 2.19. The Kier molecular flexibility index (Phi) is 3.63. The summed E-state index contributed by atoms with van der Waals surface area (Å²) in [6, 6.07) is 5.21. The molecule has 1 rings (SSSR count). The molecule has 0 heterocycles. The van der Waals surface area contributed by atoms with E-state index in [-0.39, 0.29) is 10.8 Å². The molecule has 1 aromatic carbocycles. The SMILES string of the molecule is CC(C)N(C)c1ccc(C(N)=S)c(F)c1. The Balaban J connectivity index is 3.06. The van der Waals surface area contributed by atoms with Crippen molar-refractivity contribution in [3.8, 4) is 0 Å². The fourth-order valence-corrected chi connectivity index (χ4v) is 1.39. The quantitative estimate of drug-likeness (QED) is 0.802. The van der Waals surface area contributed by atoms with Gasteiger partial charge in [0.2, 0.25) is 0 Å². The van der Waals surface area contributed by atoms with Gasteiger partial charge in [-0.2, -0.15) is 0 Å². The highest BCUT2D eigenvalue weighted by atomic mass is 32.1. The minimum Gasteiger partial charge on any atom is -0.389 e. The van der Waals surface area contributed by atoms with E-state index >= 15 is 0 Å². The molecular weight excluding hydrogens is 211 g/mol. The Bertz CT molecular complexity index is 377. The number of hydrogen-bond donors (Lipinski definition) is 1. The van der Waals surface area contributed by atoms with Crippen LogP contribution in [0.1, 0.15) is 19.4 Å². The molecule has 0 amide bonds. The molecule has 4 heteroatoms. The molecule has 82 valence electrons. The fourth-order valence-electron chi connectivity index (χ4n) is 1.22. The van der Waals surface area contributed by atoms with Crippen LogP contribution in [0.5, 0.6) is 0 Å². The Hall–Kier alpha value is -1.16. The number of nitrogens with two attached hydrogens (primary N) is 1. The van der Waals surface area contributed by atoms with Crippen molar-refractivity contribution in [2.45, 2.75) is 19.9 Å². The first-order valence-electron chi connectivity index (χ1n) is 4.75. The van der Waals surface area contributed by atoms with Gasteiger partial charge in [0, 0.05) is 24.3 Å². The van der Waals surface area contributed by atoms with Gasteiger partial charge in [-0.3, -0.25) is 0 Å². The molecule has 0 aliphatic rings. The average Bonchev–Trinajstić information content (AvgIpc) is 2.15. The zero-order valence-corrected chi connectivity index (χ0v) is 9.94. The van der Waals surface area contributed by atoms with E-state index < -0.39 is 0 Å². The van der Waals surface area contributed by atoms with Gasteiger partial charge in [-0.15, -0.1) is 0 Å². The summed E-state index contributed by atoms with van der Waals surface area (Å²) in [6.45, 7) is 4.08. The first-order chi connectivity index (χ1) is 6.93. The molecule has 0 spiro atoms. The predicted molar refractivity (Wildman–Crippen MR) is 65.8 cm³/mol. The summed E-state index contributed by atoms with van der Waals surface area (Å²) in [5, 5.41) is 0. The van der Waals surface area contributed by atoms with E-state index in [9.17, 15) is 4.39 Å². The number of thiocarbonyl (C=S) groups is 1. The van der Waals surface area contributed by atoms with Crippen molar-refractivity contribution in [2.24, 2.45) is 5.73 Å². The predicted octanol–water partition coefficient (Wildman–Crippen LogP) is 2.30. The summed E-state index contributed by atoms with van der Waals surface area (Å²) in [6.07, 6.45) is 0. The molecule has 0 saturated heterocycles. The molecule has 0 aliphatic carbocycles. The van der Waals surface area contributed by atoms with Crippen molar-refractivity contribution in [3.05, 3.63) is 29.6 Å². The number of halogens is 1. The molecule has 0 aliphatic heterocycles. The lowest BCUT2D eigenvalue weighted by molar-refractivity contribution is 0.623.